The molecular weight excluding hydrogens is 386 g/mol. The van der Waals surface area contributed by atoms with E-state index in [9.17, 15) is 14.9 Å². The molecule has 28 heavy (non-hydrogen) atoms. The van der Waals surface area contributed by atoms with Crippen molar-refractivity contribution in [2.24, 2.45) is 5.41 Å². The summed E-state index contributed by atoms with van der Waals surface area (Å²) in [5.74, 6) is 0.742. The first kappa shape index (κ1) is 19.8. The fraction of sp³-hybridized carbons (Fsp3) is 0.389. The van der Waals surface area contributed by atoms with Crippen LogP contribution in [0.3, 0.4) is 0 Å². The second-order valence-corrected chi connectivity index (χ2v) is 7.74. The van der Waals surface area contributed by atoms with Gasteiger partial charge in [0.1, 0.15) is 11.6 Å². The van der Waals surface area contributed by atoms with Crippen LogP contribution in [0.4, 0.5) is 23.0 Å². The Labute approximate surface area is 166 Å². The third-order valence-electron chi connectivity index (χ3n) is 4.17. The summed E-state index contributed by atoms with van der Waals surface area (Å²) in [7, 11) is 0. The second-order valence-electron chi connectivity index (χ2n) is 7.40. The molecule has 0 amide bonds. The van der Waals surface area contributed by atoms with E-state index < -0.39 is 10.3 Å². The number of anilines is 3. The maximum absolute atomic E-state index is 12.0. The summed E-state index contributed by atoms with van der Waals surface area (Å²) in [6.45, 7) is 6.01. The van der Waals surface area contributed by atoms with E-state index in [0.717, 1.165) is 5.56 Å². The number of nitro benzene ring substituents is 1. The number of carbonyl (C=O) groups excluding carboxylic acids is 1. The Kier molecular flexibility index (Phi) is 5.37. The summed E-state index contributed by atoms with van der Waals surface area (Å²) in [5, 5.41) is 14.1. The SMILES string of the molecule is CC(C)(C)C(=O)OCN1CCc2c(Nc3cccc([N+](=O)[O-])c3)nc(Cl)nc21. The molecular formula is C18H20ClN5O4. The van der Waals surface area contributed by atoms with Gasteiger partial charge in [-0.05, 0) is 44.9 Å². The number of benzene rings is 1. The molecule has 1 aromatic heterocycles. The molecule has 0 spiro atoms. The molecule has 0 saturated heterocycles. The number of nitrogens with one attached hydrogen (secondary N) is 1. The van der Waals surface area contributed by atoms with Gasteiger partial charge < -0.3 is 15.0 Å². The third kappa shape index (κ3) is 4.30. The maximum atomic E-state index is 12.0. The molecule has 0 bridgehead atoms. The highest BCUT2D eigenvalue weighted by Crippen LogP contribution is 2.34. The number of ether oxygens (including phenoxy) is 1. The Bertz CT molecular complexity index is 929. The van der Waals surface area contributed by atoms with E-state index >= 15 is 0 Å². The first-order chi connectivity index (χ1) is 13.1. The molecule has 0 saturated carbocycles. The van der Waals surface area contributed by atoms with Crippen LogP contribution in [0.2, 0.25) is 5.28 Å². The minimum Gasteiger partial charge on any atom is -0.444 e. The zero-order chi connectivity index (χ0) is 20.5. The molecule has 9 nitrogen and oxygen atoms in total. The topological polar surface area (TPSA) is 110 Å². The van der Waals surface area contributed by atoms with Gasteiger partial charge in [-0.25, -0.2) is 9.97 Å². The summed E-state index contributed by atoms with van der Waals surface area (Å²) in [4.78, 5) is 32.8. The highest BCUT2D eigenvalue weighted by atomic mass is 35.5. The van der Waals surface area contributed by atoms with E-state index in [2.05, 4.69) is 15.3 Å². The van der Waals surface area contributed by atoms with Crippen LogP contribution >= 0.6 is 11.6 Å². The van der Waals surface area contributed by atoms with Crippen LogP contribution in [0.5, 0.6) is 0 Å². The molecule has 1 N–H and O–H groups in total. The van der Waals surface area contributed by atoms with Crippen molar-refractivity contribution < 1.29 is 14.5 Å². The van der Waals surface area contributed by atoms with Gasteiger partial charge in [-0.3, -0.25) is 14.9 Å². The smallest absolute Gasteiger partial charge is 0.312 e. The van der Waals surface area contributed by atoms with Crippen molar-refractivity contribution in [3.05, 3.63) is 45.2 Å². The summed E-state index contributed by atoms with van der Waals surface area (Å²) < 4.78 is 5.38. The molecule has 1 aromatic carbocycles. The Morgan fingerprint density at radius 2 is 2.14 bits per heavy atom. The number of esters is 1. The fourth-order valence-corrected chi connectivity index (χ4v) is 2.87. The van der Waals surface area contributed by atoms with Crippen molar-refractivity contribution >= 4 is 40.6 Å². The summed E-state index contributed by atoms with van der Waals surface area (Å²) in [5.41, 5.74) is 0.699. The number of fused-ring (bicyclic) bond motifs is 1. The fourth-order valence-electron chi connectivity index (χ4n) is 2.71. The highest BCUT2D eigenvalue weighted by Gasteiger charge is 2.29. The van der Waals surface area contributed by atoms with Gasteiger partial charge in [0.25, 0.3) is 5.69 Å². The van der Waals surface area contributed by atoms with Gasteiger partial charge in [0.05, 0.1) is 10.3 Å². The van der Waals surface area contributed by atoms with Gasteiger partial charge in [0.2, 0.25) is 5.28 Å². The molecule has 1 aliphatic heterocycles. The van der Waals surface area contributed by atoms with E-state index in [-0.39, 0.29) is 23.7 Å². The van der Waals surface area contributed by atoms with Crippen LogP contribution in [0.1, 0.15) is 26.3 Å². The lowest BCUT2D eigenvalue weighted by atomic mass is 9.98. The minimum absolute atomic E-state index is 0.0285. The van der Waals surface area contributed by atoms with E-state index in [1.54, 1.807) is 32.9 Å². The van der Waals surface area contributed by atoms with Crippen LogP contribution in [0.15, 0.2) is 24.3 Å². The zero-order valence-corrected chi connectivity index (χ0v) is 16.5. The van der Waals surface area contributed by atoms with E-state index in [0.29, 0.717) is 30.3 Å². The summed E-state index contributed by atoms with van der Waals surface area (Å²) in [6.07, 6.45) is 0.622. The van der Waals surface area contributed by atoms with Crippen molar-refractivity contribution in [1.82, 2.24) is 9.97 Å². The van der Waals surface area contributed by atoms with Gasteiger partial charge in [-0.2, -0.15) is 0 Å². The molecule has 0 aliphatic carbocycles. The lowest BCUT2D eigenvalue weighted by Crippen LogP contribution is -2.31. The van der Waals surface area contributed by atoms with E-state index in [4.69, 9.17) is 16.3 Å². The molecule has 10 heteroatoms. The quantitative estimate of drug-likeness (QED) is 0.347. The number of aromatic nitrogens is 2. The van der Waals surface area contributed by atoms with Gasteiger partial charge in [-0.1, -0.05) is 6.07 Å². The predicted octanol–water partition coefficient (Wildman–Crippen LogP) is 3.69. The zero-order valence-electron chi connectivity index (χ0n) is 15.7. The molecule has 2 heterocycles. The maximum Gasteiger partial charge on any atom is 0.312 e. The number of carbonyl (C=O) groups is 1. The van der Waals surface area contributed by atoms with Crippen molar-refractivity contribution in [3.8, 4) is 0 Å². The third-order valence-corrected chi connectivity index (χ3v) is 4.34. The number of hydrogen-bond acceptors (Lipinski definition) is 8. The van der Waals surface area contributed by atoms with Gasteiger partial charge in [-0.15, -0.1) is 0 Å². The molecule has 0 radical (unpaired) electrons. The number of hydrogen-bond donors (Lipinski definition) is 1. The molecule has 2 aromatic rings. The largest absolute Gasteiger partial charge is 0.444 e. The minimum atomic E-state index is -0.597. The van der Waals surface area contributed by atoms with Gasteiger partial charge in [0.15, 0.2) is 6.73 Å². The Morgan fingerprint density at radius 3 is 2.82 bits per heavy atom. The Balaban J connectivity index is 1.82. The molecule has 148 valence electrons. The summed E-state index contributed by atoms with van der Waals surface area (Å²) >= 11 is 6.07. The second kappa shape index (κ2) is 7.59. The highest BCUT2D eigenvalue weighted by molar-refractivity contribution is 6.28. The Hall–Kier alpha value is -2.94. The molecule has 0 atom stereocenters. The van der Waals surface area contributed by atoms with Crippen molar-refractivity contribution in [1.29, 1.82) is 0 Å². The molecule has 0 unspecified atom stereocenters. The normalized spacial score (nSPS) is 13.2. The lowest BCUT2D eigenvalue weighted by Gasteiger charge is -2.22. The first-order valence-corrected chi connectivity index (χ1v) is 9.03. The average molecular weight is 406 g/mol. The van der Waals surface area contributed by atoms with Crippen LogP contribution in [-0.4, -0.2) is 34.1 Å². The van der Waals surface area contributed by atoms with Crippen LogP contribution in [-0.2, 0) is 16.0 Å². The number of halogens is 1. The Morgan fingerprint density at radius 1 is 1.39 bits per heavy atom. The van der Waals surface area contributed by atoms with E-state index in [1.807, 2.05) is 4.90 Å². The van der Waals surface area contributed by atoms with E-state index in [1.165, 1.54) is 12.1 Å². The van der Waals surface area contributed by atoms with Crippen molar-refractivity contribution in [2.75, 3.05) is 23.5 Å². The van der Waals surface area contributed by atoms with Crippen LogP contribution in [0.25, 0.3) is 0 Å². The number of nitrogens with zero attached hydrogens (tertiary/aromatic N) is 4. The van der Waals surface area contributed by atoms with Crippen molar-refractivity contribution in [3.63, 3.8) is 0 Å². The summed E-state index contributed by atoms with van der Waals surface area (Å²) in [6, 6.07) is 6.11. The van der Waals surface area contributed by atoms with Crippen LogP contribution < -0.4 is 10.2 Å². The molecule has 3 rings (SSSR count). The van der Waals surface area contributed by atoms with Gasteiger partial charge >= 0.3 is 5.97 Å². The van der Waals surface area contributed by atoms with Crippen molar-refractivity contribution in [2.45, 2.75) is 27.2 Å². The monoisotopic (exact) mass is 405 g/mol. The predicted molar refractivity (Wildman–Crippen MR) is 105 cm³/mol. The standard InChI is InChI=1S/C18H20ClN5O4/c1-18(2,3)16(25)28-10-23-8-7-13-14(21-17(19)22-15(13)23)20-11-5-4-6-12(9-11)24(26)27/h4-6,9H,7-8,10H2,1-3H3,(H,20,21,22). The van der Waals surface area contributed by atoms with Gasteiger partial charge in [0, 0.05) is 29.9 Å². The number of rotatable bonds is 5. The molecule has 0 fully saturated rings. The molecule has 1 aliphatic rings. The first-order valence-electron chi connectivity index (χ1n) is 8.65. The number of nitro groups is 1. The lowest BCUT2D eigenvalue weighted by molar-refractivity contribution is -0.384. The van der Waals surface area contributed by atoms with Crippen LogP contribution in [0, 0.1) is 15.5 Å². The average Bonchev–Trinajstić information content (AvgIpc) is 3.02. The number of non-ortho nitro benzene ring substituents is 1.